The average Bonchev–Trinajstić information content (AvgIpc) is 2.59. The largest absolute Gasteiger partial charge is 0.457 e. The van der Waals surface area contributed by atoms with E-state index in [0.717, 1.165) is 19.3 Å². The molecule has 1 atom stereocenters. The lowest BCUT2D eigenvalue weighted by Crippen LogP contribution is -2.39. The van der Waals surface area contributed by atoms with Crippen molar-refractivity contribution in [2.75, 3.05) is 6.16 Å². The molecule has 174 valence electrons. The minimum Gasteiger partial charge on any atom is -0.206 e. The summed E-state index contributed by atoms with van der Waals surface area (Å²) in [5.74, 6) is -7.67. The van der Waals surface area contributed by atoms with Crippen LogP contribution in [0.3, 0.4) is 0 Å². The number of halogens is 11. The van der Waals surface area contributed by atoms with Gasteiger partial charge < -0.3 is 0 Å². The highest BCUT2D eigenvalue weighted by Crippen LogP contribution is 2.60. The van der Waals surface area contributed by atoms with Crippen molar-refractivity contribution in [3.63, 3.8) is 0 Å². The highest BCUT2D eigenvalue weighted by molar-refractivity contribution is 7.66. The van der Waals surface area contributed by atoms with Gasteiger partial charge in [-0.05, 0) is 18.6 Å². The molecule has 1 unspecified atom stereocenters. The van der Waals surface area contributed by atoms with Crippen LogP contribution in [0, 0.1) is 17.5 Å². The molecular formula is C18H20F11P. The Kier molecular flexibility index (Phi) is 9.39. The van der Waals surface area contributed by atoms with Crippen molar-refractivity contribution < 1.29 is 48.3 Å². The van der Waals surface area contributed by atoms with Crippen LogP contribution in [-0.2, 0) is 6.18 Å². The van der Waals surface area contributed by atoms with E-state index in [-0.39, 0.29) is 18.9 Å². The monoisotopic (exact) mass is 476 g/mol. The molecule has 0 aliphatic rings. The highest BCUT2D eigenvalue weighted by Gasteiger charge is 2.63. The van der Waals surface area contributed by atoms with Crippen molar-refractivity contribution in [1.29, 1.82) is 0 Å². The maximum atomic E-state index is 14.3. The van der Waals surface area contributed by atoms with Gasteiger partial charge in [0.1, 0.15) is 11.4 Å². The Bertz CT molecular complexity index is 695. The number of alkyl halides is 8. The van der Waals surface area contributed by atoms with E-state index in [1.54, 1.807) is 0 Å². The molecule has 0 heterocycles. The van der Waals surface area contributed by atoms with Crippen LogP contribution in [-0.4, -0.2) is 18.0 Å². The molecule has 0 fully saturated rings. The Hall–Kier alpha value is -1.12. The summed E-state index contributed by atoms with van der Waals surface area (Å²) in [5.41, 5.74) is -8.40. The molecule has 0 saturated heterocycles. The van der Waals surface area contributed by atoms with Crippen LogP contribution < -0.4 is 5.30 Å². The Morgan fingerprint density at radius 1 is 0.733 bits per heavy atom. The third-order valence-electron chi connectivity index (χ3n) is 4.38. The van der Waals surface area contributed by atoms with Gasteiger partial charge in [0.05, 0.1) is 0 Å². The summed E-state index contributed by atoms with van der Waals surface area (Å²) >= 11 is 0. The first-order chi connectivity index (χ1) is 13.7. The SMILES string of the molecule is CCCCCCCCCP(c1cc(F)c(F)c(C(F)(F)F)c1F)C(F)(F)C(F)(F)F. The first kappa shape index (κ1) is 26.9. The lowest BCUT2D eigenvalue weighted by molar-refractivity contribution is -0.240. The molecule has 30 heavy (non-hydrogen) atoms. The Morgan fingerprint density at radius 3 is 1.70 bits per heavy atom. The van der Waals surface area contributed by atoms with Crippen LogP contribution in [0.15, 0.2) is 6.07 Å². The van der Waals surface area contributed by atoms with Crippen molar-refractivity contribution in [3.8, 4) is 0 Å². The van der Waals surface area contributed by atoms with E-state index < -0.39 is 60.4 Å². The molecule has 0 saturated carbocycles. The van der Waals surface area contributed by atoms with Gasteiger partial charge in [-0.1, -0.05) is 45.4 Å². The van der Waals surface area contributed by atoms with Gasteiger partial charge in [0, 0.05) is 13.2 Å². The second-order valence-electron chi connectivity index (χ2n) is 6.69. The molecule has 0 N–H and O–H groups in total. The molecular weight excluding hydrogens is 456 g/mol. The number of unbranched alkanes of at least 4 members (excludes halogenated alkanes) is 6. The Balaban J connectivity index is 3.28. The van der Waals surface area contributed by atoms with E-state index in [9.17, 15) is 48.3 Å². The molecule has 0 aliphatic heterocycles. The van der Waals surface area contributed by atoms with Gasteiger partial charge in [0.25, 0.3) is 0 Å². The quantitative estimate of drug-likeness (QED) is 0.138. The normalized spacial score (nSPS) is 14.3. The average molecular weight is 476 g/mol. The fraction of sp³-hybridized carbons (Fsp3) is 0.667. The smallest absolute Gasteiger partial charge is 0.206 e. The second kappa shape index (κ2) is 10.5. The molecule has 12 heteroatoms. The predicted octanol–water partition coefficient (Wildman–Crippen LogP) is 8.14. The molecule has 0 radical (unpaired) electrons. The van der Waals surface area contributed by atoms with Crippen molar-refractivity contribution in [2.45, 2.75) is 69.9 Å². The zero-order chi connectivity index (χ0) is 23.3. The summed E-state index contributed by atoms with van der Waals surface area (Å²) in [7, 11) is -3.97. The summed E-state index contributed by atoms with van der Waals surface area (Å²) in [6, 6.07) is -0.327. The first-order valence-corrected chi connectivity index (χ1v) is 10.7. The van der Waals surface area contributed by atoms with Crippen molar-refractivity contribution in [2.24, 2.45) is 0 Å². The molecule has 0 aromatic heterocycles. The number of hydrogen-bond acceptors (Lipinski definition) is 0. The molecule has 1 aromatic rings. The van der Waals surface area contributed by atoms with Crippen LogP contribution in [0.4, 0.5) is 48.3 Å². The predicted molar refractivity (Wildman–Crippen MR) is 91.7 cm³/mol. The zero-order valence-electron chi connectivity index (χ0n) is 15.8. The Labute approximate surface area is 167 Å². The van der Waals surface area contributed by atoms with Crippen LogP contribution in [0.1, 0.15) is 57.4 Å². The van der Waals surface area contributed by atoms with Gasteiger partial charge in [-0.2, -0.15) is 35.1 Å². The number of benzene rings is 1. The van der Waals surface area contributed by atoms with Gasteiger partial charge >= 0.3 is 18.0 Å². The first-order valence-electron chi connectivity index (χ1n) is 9.13. The summed E-state index contributed by atoms with van der Waals surface area (Å²) < 4.78 is 147. The van der Waals surface area contributed by atoms with E-state index >= 15 is 0 Å². The fourth-order valence-corrected chi connectivity index (χ4v) is 5.12. The van der Waals surface area contributed by atoms with Gasteiger partial charge in [-0.3, -0.25) is 0 Å². The molecule has 0 amide bonds. The molecule has 1 aromatic carbocycles. The number of hydrogen-bond donors (Lipinski definition) is 0. The zero-order valence-corrected chi connectivity index (χ0v) is 16.7. The molecule has 1 rings (SSSR count). The second-order valence-corrected chi connectivity index (χ2v) is 9.04. The number of rotatable bonds is 10. The van der Waals surface area contributed by atoms with Crippen LogP contribution >= 0.6 is 7.92 Å². The van der Waals surface area contributed by atoms with E-state index in [1.807, 2.05) is 6.92 Å². The van der Waals surface area contributed by atoms with E-state index in [2.05, 4.69) is 0 Å². The van der Waals surface area contributed by atoms with Gasteiger partial charge in [0.2, 0.25) is 0 Å². The fourth-order valence-electron chi connectivity index (χ4n) is 2.83. The molecule has 0 aliphatic carbocycles. The topological polar surface area (TPSA) is 0 Å². The van der Waals surface area contributed by atoms with Gasteiger partial charge in [0.15, 0.2) is 11.6 Å². The van der Waals surface area contributed by atoms with Gasteiger partial charge in [-0.15, -0.1) is 0 Å². The maximum Gasteiger partial charge on any atom is 0.457 e. The van der Waals surface area contributed by atoms with Crippen molar-refractivity contribution in [3.05, 3.63) is 29.1 Å². The minimum absolute atomic E-state index is 0.188. The lowest BCUT2D eigenvalue weighted by atomic mass is 10.1. The van der Waals surface area contributed by atoms with Gasteiger partial charge in [-0.25, -0.2) is 13.2 Å². The maximum absolute atomic E-state index is 14.3. The molecule has 0 bridgehead atoms. The van der Waals surface area contributed by atoms with Crippen molar-refractivity contribution >= 4 is 13.2 Å². The third-order valence-corrected chi connectivity index (χ3v) is 6.98. The standard InChI is InChI=1S/C18H20F11P/c1-2-3-4-5-6-7-8-9-30(18(28,29)17(25,26)27)12-10-11(19)14(20)13(15(12)21)16(22,23)24/h10H,2-9H2,1H3. The van der Waals surface area contributed by atoms with Crippen LogP contribution in [0.25, 0.3) is 0 Å². The van der Waals surface area contributed by atoms with Crippen molar-refractivity contribution in [1.82, 2.24) is 0 Å². The third kappa shape index (κ3) is 6.44. The van der Waals surface area contributed by atoms with Crippen LogP contribution in [0.5, 0.6) is 0 Å². The Morgan fingerprint density at radius 2 is 1.23 bits per heavy atom. The molecule has 0 nitrogen and oxygen atoms in total. The lowest BCUT2D eigenvalue weighted by Gasteiger charge is -2.30. The van der Waals surface area contributed by atoms with Crippen LogP contribution in [0.2, 0.25) is 0 Å². The minimum atomic E-state index is -6.20. The summed E-state index contributed by atoms with van der Waals surface area (Å²) in [4.78, 5) is 0. The summed E-state index contributed by atoms with van der Waals surface area (Å²) in [5, 5.41) is -1.79. The summed E-state index contributed by atoms with van der Waals surface area (Å²) in [6.45, 7) is 1.94. The summed E-state index contributed by atoms with van der Waals surface area (Å²) in [6.07, 6.45) is -9.29. The van der Waals surface area contributed by atoms with E-state index in [1.165, 1.54) is 0 Å². The van der Waals surface area contributed by atoms with E-state index in [0.29, 0.717) is 12.8 Å². The van der Waals surface area contributed by atoms with E-state index in [4.69, 9.17) is 0 Å². The molecule has 0 spiro atoms. The highest BCUT2D eigenvalue weighted by atomic mass is 31.1.